The number of methoxy groups -OCH3 is 1. The number of ether oxygens (including phenoxy) is 1. The Bertz CT molecular complexity index is 555. The van der Waals surface area contributed by atoms with Gasteiger partial charge in [-0.1, -0.05) is 6.07 Å². The molecule has 0 radical (unpaired) electrons. The van der Waals surface area contributed by atoms with E-state index in [1.54, 1.807) is 7.11 Å². The maximum atomic E-state index is 5.03. The van der Waals surface area contributed by atoms with Gasteiger partial charge in [-0.15, -0.1) is 0 Å². The fraction of sp³-hybridized carbons (Fsp3) is 0.438. The van der Waals surface area contributed by atoms with E-state index in [-0.39, 0.29) is 0 Å². The van der Waals surface area contributed by atoms with Crippen LogP contribution in [0.3, 0.4) is 0 Å². The van der Waals surface area contributed by atoms with Crippen LogP contribution in [0.4, 0.5) is 0 Å². The van der Waals surface area contributed by atoms with Crippen molar-refractivity contribution in [3.63, 3.8) is 0 Å². The lowest BCUT2D eigenvalue weighted by Crippen LogP contribution is -2.18. The number of hydrogen-bond acceptors (Lipinski definition) is 3. The molecular weight excluding hydrogens is 250 g/mol. The molecule has 0 saturated carbocycles. The summed E-state index contributed by atoms with van der Waals surface area (Å²) in [6, 6.07) is 6.50. The standard InChI is InChI=1S/C16H23N3O/c1-12-7-13(2)9-16(8-12)19-14(3)15(11-18-19)10-17-5-6-20-4/h7-9,11,17H,5-6,10H2,1-4H3. The molecule has 0 fully saturated rings. The van der Waals surface area contributed by atoms with Crippen LogP contribution in [-0.2, 0) is 11.3 Å². The van der Waals surface area contributed by atoms with Gasteiger partial charge in [-0.3, -0.25) is 0 Å². The van der Waals surface area contributed by atoms with Gasteiger partial charge in [0.2, 0.25) is 0 Å². The first-order chi connectivity index (χ1) is 9.61. The zero-order chi connectivity index (χ0) is 14.5. The summed E-state index contributed by atoms with van der Waals surface area (Å²) in [6.07, 6.45) is 1.94. The number of rotatable bonds is 6. The molecule has 0 bridgehead atoms. The fourth-order valence-electron chi connectivity index (χ4n) is 2.35. The summed E-state index contributed by atoms with van der Waals surface area (Å²) in [4.78, 5) is 0. The molecule has 0 aliphatic rings. The van der Waals surface area contributed by atoms with E-state index in [1.807, 2.05) is 10.9 Å². The van der Waals surface area contributed by atoms with Crippen molar-refractivity contribution < 1.29 is 4.74 Å². The summed E-state index contributed by atoms with van der Waals surface area (Å²) in [5, 5.41) is 7.87. The molecule has 0 aliphatic carbocycles. The Morgan fingerprint density at radius 2 is 1.85 bits per heavy atom. The highest BCUT2D eigenvalue weighted by Crippen LogP contribution is 2.17. The SMILES string of the molecule is COCCNCc1cnn(-c2cc(C)cc(C)c2)c1C. The van der Waals surface area contributed by atoms with E-state index in [2.05, 4.69) is 49.4 Å². The molecule has 1 N–H and O–H groups in total. The molecule has 4 heteroatoms. The number of benzene rings is 1. The van der Waals surface area contributed by atoms with Crippen molar-refractivity contribution in [3.8, 4) is 5.69 Å². The zero-order valence-electron chi connectivity index (χ0n) is 12.7. The highest BCUT2D eigenvalue weighted by Gasteiger charge is 2.08. The third kappa shape index (κ3) is 3.46. The van der Waals surface area contributed by atoms with Gasteiger partial charge in [0, 0.05) is 31.5 Å². The van der Waals surface area contributed by atoms with Crippen LogP contribution in [-0.4, -0.2) is 30.0 Å². The van der Waals surface area contributed by atoms with Crippen LogP contribution in [0.1, 0.15) is 22.4 Å². The van der Waals surface area contributed by atoms with Gasteiger partial charge in [0.25, 0.3) is 0 Å². The summed E-state index contributed by atoms with van der Waals surface area (Å²) >= 11 is 0. The van der Waals surface area contributed by atoms with Crippen molar-refractivity contribution in [1.82, 2.24) is 15.1 Å². The Hall–Kier alpha value is -1.65. The molecular formula is C16H23N3O. The summed E-state index contributed by atoms with van der Waals surface area (Å²) < 4.78 is 7.03. The fourth-order valence-corrected chi connectivity index (χ4v) is 2.35. The summed E-state index contributed by atoms with van der Waals surface area (Å²) in [5.41, 5.74) is 6.05. The molecule has 2 rings (SSSR count). The van der Waals surface area contributed by atoms with Crippen molar-refractivity contribution in [1.29, 1.82) is 0 Å². The minimum absolute atomic E-state index is 0.726. The molecule has 0 saturated heterocycles. The molecule has 2 aromatic rings. The predicted octanol–water partition coefficient (Wildman–Crippen LogP) is 2.53. The lowest BCUT2D eigenvalue weighted by Gasteiger charge is -2.08. The van der Waals surface area contributed by atoms with E-state index in [1.165, 1.54) is 22.4 Å². The van der Waals surface area contributed by atoms with Gasteiger partial charge in [-0.2, -0.15) is 5.10 Å². The minimum atomic E-state index is 0.726. The van der Waals surface area contributed by atoms with Crippen molar-refractivity contribution in [3.05, 3.63) is 46.8 Å². The predicted molar refractivity (Wildman–Crippen MR) is 81.4 cm³/mol. The van der Waals surface area contributed by atoms with Gasteiger partial charge in [0.15, 0.2) is 0 Å². The Morgan fingerprint density at radius 1 is 1.15 bits per heavy atom. The van der Waals surface area contributed by atoms with E-state index in [0.29, 0.717) is 0 Å². The molecule has 0 unspecified atom stereocenters. The number of hydrogen-bond donors (Lipinski definition) is 1. The lowest BCUT2D eigenvalue weighted by molar-refractivity contribution is 0.199. The van der Waals surface area contributed by atoms with Crippen LogP contribution >= 0.6 is 0 Å². The first-order valence-electron chi connectivity index (χ1n) is 6.93. The van der Waals surface area contributed by atoms with E-state index in [0.717, 1.165) is 25.4 Å². The first kappa shape index (κ1) is 14.8. The van der Waals surface area contributed by atoms with Gasteiger partial charge in [-0.25, -0.2) is 4.68 Å². The van der Waals surface area contributed by atoms with Crippen molar-refractivity contribution in [2.24, 2.45) is 0 Å². The van der Waals surface area contributed by atoms with E-state index in [4.69, 9.17) is 4.74 Å². The summed E-state index contributed by atoms with van der Waals surface area (Å²) in [6.45, 7) is 8.73. The molecule has 4 nitrogen and oxygen atoms in total. The minimum Gasteiger partial charge on any atom is -0.383 e. The normalized spacial score (nSPS) is 11.0. The lowest BCUT2D eigenvalue weighted by atomic mass is 10.1. The quantitative estimate of drug-likeness (QED) is 0.822. The first-order valence-corrected chi connectivity index (χ1v) is 6.93. The summed E-state index contributed by atoms with van der Waals surface area (Å²) in [5.74, 6) is 0. The smallest absolute Gasteiger partial charge is 0.0654 e. The molecule has 1 aromatic heterocycles. The second-order valence-corrected chi connectivity index (χ2v) is 5.18. The van der Waals surface area contributed by atoms with E-state index < -0.39 is 0 Å². The second kappa shape index (κ2) is 6.68. The number of nitrogens with zero attached hydrogens (tertiary/aromatic N) is 2. The van der Waals surface area contributed by atoms with E-state index >= 15 is 0 Å². The molecule has 0 spiro atoms. The molecule has 0 amide bonds. The van der Waals surface area contributed by atoms with Crippen molar-refractivity contribution >= 4 is 0 Å². The maximum Gasteiger partial charge on any atom is 0.0654 e. The molecule has 1 aromatic carbocycles. The van der Waals surface area contributed by atoms with Crippen LogP contribution in [0.15, 0.2) is 24.4 Å². The van der Waals surface area contributed by atoms with Crippen LogP contribution in [0.2, 0.25) is 0 Å². The monoisotopic (exact) mass is 273 g/mol. The Kier molecular flexibility index (Phi) is 4.93. The van der Waals surface area contributed by atoms with Crippen molar-refractivity contribution in [2.45, 2.75) is 27.3 Å². The van der Waals surface area contributed by atoms with Crippen LogP contribution < -0.4 is 5.32 Å². The highest BCUT2D eigenvalue weighted by molar-refractivity contribution is 5.40. The van der Waals surface area contributed by atoms with Crippen LogP contribution in [0.25, 0.3) is 5.69 Å². The molecule has 108 valence electrons. The third-order valence-corrected chi connectivity index (χ3v) is 3.36. The highest BCUT2D eigenvalue weighted by atomic mass is 16.5. The van der Waals surface area contributed by atoms with E-state index in [9.17, 15) is 0 Å². The van der Waals surface area contributed by atoms with Gasteiger partial charge in [0.1, 0.15) is 0 Å². The van der Waals surface area contributed by atoms with Gasteiger partial charge in [-0.05, 0) is 44.0 Å². The molecule has 0 atom stereocenters. The number of aromatic nitrogens is 2. The third-order valence-electron chi connectivity index (χ3n) is 3.36. The molecule has 1 heterocycles. The Morgan fingerprint density at radius 3 is 2.50 bits per heavy atom. The van der Waals surface area contributed by atoms with Gasteiger partial charge >= 0.3 is 0 Å². The van der Waals surface area contributed by atoms with Crippen LogP contribution in [0, 0.1) is 20.8 Å². The van der Waals surface area contributed by atoms with Gasteiger partial charge < -0.3 is 10.1 Å². The molecule has 0 aliphatic heterocycles. The van der Waals surface area contributed by atoms with Crippen molar-refractivity contribution in [2.75, 3.05) is 20.3 Å². The topological polar surface area (TPSA) is 39.1 Å². The average Bonchev–Trinajstić information content (AvgIpc) is 2.75. The number of nitrogens with one attached hydrogen (secondary N) is 1. The largest absolute Gasteiger partial charge is 0.383 e. The number of aryl methyl sites for hydroxylation is 2. The Labute approximate surface area is 120 Å². The molecule has 20 heavy (non-hydrogen) atoms. The van der Waals surface area contributed by atoms with Crippen LogP contribution in [0.5, 0.6) is 0 Å². The Balaban J connectivity index is 2.15. The zero-order valence-corrected chi connectivity index (χ0v) is 12.7. The average molecular weight is 273 g/mol. The maximum absolute atomic E-state index is 5.03. The second-order valence-electron chi connectivity index (χ2n) is 5.18. The summed E-state index contributed by atoms with van der Waals surface area (Å²) in [7, 11) is 1.71. The van der Waals surface area contributed by atoms with Gasteiger partial charge in [0.05, 0.1) is 18.5 Å².